The second-order valence-electron chi connectivity index (χ2n) is 11.2. The molecule has 0 spiro atoms. The van der Waals surface area contributed by atoms with Gasteiger partial charge < -0.3 is 10.2 Å². The molecule has 7 atom stereocenters. The van der Waals surface area contributed by atoms with Gasteiger partial charge in [-0.05, 0) is 91.1 Å². The molecule has 2 nitrogen and oxygen atoms in total. The Morgan fingerprint density at radius 2 is 1.87 bits per heavy atom. The predicted octanol–water partition coefficient (Wildman–Crippen LogP) is 7.00. The summed E-state index contributed by atoms with van der Waals surface area (Å²) in [7, 11) is 0. The third-order valence-electron chi connectivity index (χ3n) is 8.93. The van der Waals surface area contributed by atoms with Crippen LogP contribution >= 0.6 is 0 Å². The van der Waals surface area contributed by atoms with Crippen LogP contribution in [0.3, 0.4) is 0 Å². The van der Waals surface area contributed by atoms with Crippen LogP contribution < -0.4 is 0 Å². The van der Waals surface area contributed by atoms with Gasteiger partial charge in [-0.3, -0.25) is 0 Å². The quantitative estimate of drug-likeness (QED) is 0.449. The predicted molar refractivity (Wildman–Crippen MR) is 132 cm³/mol. The summed E-state index contributed by atoms with van der Waals surface area (Å²) >= 11 is 0. The topological polar surface area (TPSA) is 40.5 Å². The molecule has 0 radical (unpaired) electrons. The maximum atomic E-state index is 10.2. The van der Waals surface area contributed by atoms with E-state index in [0.29, 0.717) is 41.9 Å². The Labute approximate surface area is 191 Å². The molecule has 0 unspecified atom stereocenters. The molecule has 0 amide bonds. The maximum absolute atomic E-state index is 10.2. The van der Waals surface area contributed by atoms with Gasteiger partial charge in [-0.15, -0.1) is 0 Å². The third-order valence-corrected chi connectivity index (χ3v) is 8.93. The van der Waals surface area contributed by atoms with E-state index in [1.807, 2.05) is 0 Å². The smallest absolute Gasteiger partial charge is 0.0811 e. The van der Waals surface area contributed by atoms with E-state index >= 15 is 0 Å². The summed E-state index contributed by atoms with van der Waals surface area (Å²) < 4.78 is 0. The number of allylic oxidation sites excluding steroid dienone is 5. The minimum atomic E-state index is -0.605. The normalized spacial score (nSPS) is 38.9. The van der Waals surface area contributed by atoms with E-state index in [2.05, 4.69) is 65.5 Å². The highest BCUT2D eigenvalue weighted by molar-refractivity contribution is 5.38. The highest BCUT2D eigenvalue weighted by Crippen LogP contribution is 2.59. The molecule has 3 aliphatic rings. The van der Waals surface area contributed by atoms with Crippen LogP contribution in [0.15, 0.2) is 47.6 Å². The van der Waals surface area contributed by atoms with E-state index in [1.54, 1.807) is 5.57 Å². The maximum Gasteiger partial charge on any atom is 0.0811 e. The Morgan fingerprint density at radius 1 is 1.13 bits per heavy atom. The summed E-state index contributed by atoms with van der Waals surface area (Å²) in [5, 5.41) is 20.2. The largest absolute Gasteiger partial charge is 0.393 e. The van der Waals surface area contributed by atoms with Gasteiger partial charge >= 0.3 is 0 Å². The fourth-order valence-electron chi connectivity index (χ4n) is 6.89. The van der Waals surface area contributed by atoms with Crippen molar-refractivity contribution in [3.63, 3.8) is 0 Å². The van der Waals surface area contributed by atoms with Crippen LogP contribution in [-0.4, -0.2) is 22.4 Å². The number of rotatable bonds is 6. The highest BCUT2D eigenvalue weighted by Gasteiger charge is 2.50. The summed E-state index contributed by atoms with van der Waals surface area (Å²) in [4.78, 5) is 0. The van der Waals surface area contributed by atoms with Gasteiger partial charge in [0.15, 0.2) is 0 Å². The molecule has 3 saturated carbocycles. The van der Waals surface area contributed by atoms with Crippen LogP contribution in [0.4, 0.5) is 0 Å². The minimum absolute atomic E-state index is 0.383. The molecule has 0 bridgehead atoms. The average Bonchev–Trinajstić information content (AvgIpc) is 3.07. The van der Waals surface area contributed by atoms with Gasteiger partial charge in [-0.25, -0.2) is 0 Å². The van der Waals surface area contributed by atoms with E-state index in [9.17, 15) is 10.2 Å². The molecule has 0 aromatic carbocycles. The van der Waals surface area contributed by atoms with Crippen molar-refractivity contribution in [1.29, 1.82) is 0 Å². The molecule has 2 heteroatoms. The molecular weight excluding hydrogens is 380 g/mol. The lowest BCUT2D eigenvalue weighted by molar-refractivity contribution is 0.0862. The van der Waals surface area contributed by atoms with Crippen molar-refractivity contribution in [2.24, 2.45) is 35.0 Å². The van der Waals surface area contributed by atoms with Crippen molar-refractivity contribution in [3.8, 4) is 0 Å². The van der Waals surface area contributed by atoms with E-state index < -0.39 is 12.2 Å². The Bertz CT molecular complexity index is 727. The first-order valence-corrected chi connectivity index (χ1v) is 12.8. The molecule has 0 aromatic rings. The second kappa shape index (κ2) is 10.2. The van der Waals surface area contributed by atoms with Crippen LogP contribution in [0.1, 0.15) is 86.0 Å². The lowest BCUT2D eigenvalue weighted by Gasteiger charge is -2.44. The molecule has 3 fully saturated rings. The van der Waals surface area contributed by atoms with Gasteiger partial charge in [0.1, 0.15) is 0 Å². The highest BCUT2D eigenvalue weighted by atomic mass is 16.3. The van der Waals surface area contributed by atoms with Gasteiger partial charge in [0.05, 0.1) is 12.2 Å². The second-order valence-corrected chi connectivity index (χ2v) is 11.2. The fourth-order valence-corrected chi connectivity index (χ4v) is 6.89. The van der Waals surface area contributed by atoms with E-state index in [-0.39, 0.29) is 0 Å². The van der Waals surface area contributed by atoms with Crippen molar-refractivity contribution in [3.05, 3.63) is 47.6 Å². The minimum Gasteiger partial charge on any atom is -0.393 e. The summed E-state index contributed by atoms with van der Waals surface area (Å²) in [6, 6.07) is 0. The first-order valence-electron chi connectivity index (χ1n) is 12.8. The average molecular weight is 427 g/mol. The number of hydrogen-bond donors (Lipinski definition) is 2. The van der Waals surface area contributed by atoms with Crippen LogP contribution in [0.25, 0.3) is 0 Å². The first-order chi connectivity index (χ1) is 14.7. The molecule has 3 aliphatic carbocycles. The Morgan fingerprint density at radius 3 is 2.55 bits per heavy atom. The summed E-state index contributed by atoms with van der Waals surface area (Å²) in [6.07, 6.45) is 17.1. The van der Waals surface area contributed by atoms with Crippen LogP contribution in [0.2, 0.25) is 0 Å². The standard InChI is InChI=1S/C29H46O2/c1-7-22(19(2)3)11-10-20(4)26-14-15-27-23(9-8-16-29(26,27)6)12-13-24-17-25(30)18-28(31)21(24)5/h10-13,19-20,22,25-28,30-31H,5,7-9,14-18H2,1-4,6H3/b11-10+,23-12+,24-13-/t20-,22+,25-,26-,27+,28+,29-/m1/s1. The molecule has 0 aliphatic heterocycles. The molecular formula is C29H46O2. The third kappa shape index (κ3) is 5.28. The van der Waals surface area contributed by atoms with Gasteiger partial charge in [0, 0.05) is 6.42 Å². The monoisotopic (exact) mass is 426 g/mol. The van der Waals surface area contributed by atoms with Gasteiger partial charge in [-0.2, -0.15) is 0 Å². The van der Waals surface area contributed by atoms with Gasteiger partial charge in [0.2, 0.25) is 0 Å². The molecule has 174 valence electrons. The van der Waals surface area contributed by atoms with Crippen molar-refractivity contribution < 1.29 is 10.2 Å². The molecule has 31 heavy (non-hydrogen) atoms. The van der Waals surface area contributed by atoms with Gasteiger partial charge in [-0.1, -0.05) is 71.1 Å². The lowest BCUT2D eigenvalue weighted by Crippen LogP contribution is -2.35. The van der Waals surface area contributed by atoms with Crippen LogP contribution in [0.5, 0.6) is 0 Å². The zero-order valence-electron chi connectivity index (χ0n) is 20.6. The number of aliphatic hydroxyl groups is 2. The Hall–Kier alpha value is -1.12. The first kappa shape index (κ1) is 24.5. The zero-order chi connectivity index (χ0) is 22.8. The number of hydrogen-bond acceptors (Lipinski definition) is 2. The van der Waals surface area contributed by atoms with Crippen LogP contribution in [-0.2, 0) is 0 Å². The number of aliphatic hydroxyl groups excluding tert-OH is 2. The summed E-state index contributed by atoms with van der Waals surface area (Å²) in [5.41, 5.74) is 3.78. The lowest BCUT2D eigenvalue weighted by atomic mass is 9.61. The molecule has 3 rings (SSSR count). The summed E-state index contributed by atoms with van der Waals surface area (Å²) in [5.74, 6) is 3.45. The van der Waals surface area contributed by atoms with E-state index in [1.165, 1.54) is 38.5 Å². The van der Waals surface area contributed by atoms with Crippen molar-refractivity contribution in [2.45, 2.75) is 98.2 Å². The Balaban J connectivity index is 1.76. The molecule has 0 heterocycles. The zero-order valence-corrected chi connectivity index (χ0v) is 20.6. The van der Waals surface area contributed by atoms with Crippen LogP contribution in [0, 0.1) is 35.0 Å². The molecule has 0 saturated heterocycles. The van der Waals surface area contributed by atoms with Crippen molar-refractivity contribution in [1.82, 2.24) is 0 Å². The van der Waals surface area contributed by atoms with Crippen molar-refractivity contribution >= 4 is 0 Å². The molecule has 0 aromatic heterocycles. The SMILES string of the molecule is C=C1/C(=C\C=C2/CCC[C@]3(C)[C@@H]([C@H](C)/C=C/[C@H](CC)C(C)C)CC[C@@H]23)C[C@@H](O)C[C@@H]1O. The molecule has 2 N–H and O–H groups in total. The fraction of sp³-hybridized carbons (Fsp3) is 0.724. The van der Waals surface area contributed by atoms with Crippen molar-refractivity contribution in [2.75, 3.05) is 0 Å². The number of fused-ring (bicyclic) bond motifs is 1. The Kier molecular flexibility index (Phi) is 8.08. The van der Waals surface area contributed by atoms with E-state index in [0.717, 1.165) is 17.1 Å². The van der Waals surface area contributed by atoms with E-state index in [4.69, 9.17) is 0 Å². The summed E-state index contributed by atoms with van der Waals surface area (Å²) in [6.45, 7) is 16.0. The van der Waals surface area contributed by atoms with Gasteiger partial charge in [0.25, 0.3) is 0 Å².